The molecule has 0 aliphatic carbocycles. The van der Waals surface area contributed by atoms with Crippen LogP contribution in [0, 0.1) is 6.92 Å². The zero-order chi connectivity index (χ0) is 10.7. The highest BCUT2D eigenvalue weighted by molar-refractivity contribution is 5.78. The van der Waals surface area contributed by atoms with Gasteiger partial charge in [-0.25, -0.2) is 4.98 Å². The van der Waals surface area contributed by atoms with Crippen LogP contribution in [0.1, 0.15) is 11.6 Å². The number of hydrogen-bond donors (Lipinski definition) is 1. The van der Waals surface area contributed by atoms with Gasteiger partial charge in [-0.2, -0.15) is 13.9 Å². The molecule has 1 aromatic heterocycles. The molecule has 1 N–H and O–H groups in total. The summed E-state index contributed by atoms with van der Waals surface area (Å²) >= 11 is 0. The Kier molecular flexibility index (Phi) is 3.10. The Morgan fingerprint density at radius 1 is 1.64 bits per heavy atom. The number of H-pyrrole nitrogens is 1. The van der Waals surface area contributed by atoms with Gasteiger partial charge in [-0.1, -0.05) is 0 Å². The Labute approximate surface area is 79.1 Å². The first kappa shape index (κ1) is 10.6. The lowest BCUT2D eigenvalue weighted by molar-refractivity contribution is -0.142. The lowest BCUT2D eigenvalue weighted by Gasteiger charge is -2.13. The van der Waals surface area contributed by atoms with Gasteiger partial charge in [0.05, 0.1) is 6.54 Å². The number of halogens is 2. The predicted octanol–water partition coefficient (Wildman–Crippen LogP) is 0.337. The average molecular weight is 204 g/mol. The van der Waals surface area contributed by atoms with E-state index >= 15 is 0 Å². The smallest absolute Gasteiger partial charge is 0.315 e. The first-order valence-corrected chi connectivity index (χ1v) is 3.91. The normalized spacial score (nSPS) is 10.6. The molecular weight excluding hydrogens is 194 g/mol. The van der Waals surface area contributed by atoms with Crippen molar-refractivity contribution in [2.24, 2.45) is 0 Å². The van der Waals surface area contributed by atoms with Crippen LogP contribution in [0.3, 0.4) is 0 Å². The summed E-state index contributed by atoms with van der Waals surface area (Å²) in [5, 5.41) is 6.28. The summed E-state index contributed by atoms with van der Waals surface area (Å²) in [4.78, 5) is 15.5. The molecule has 1 rings (SSSR count). The third kappa shape index (κ3) is 2.48. The predicted molar refractivity (Wildman–Crippen MR) is 43.6 cm³/mol. The number of nitrogens with one attached hydrogen (secondary N) is 1. The molecule has 0 aromatic carbocycles. The van der Waals surface area contributed by atoms with Gasteiger partial charge in [-0.05, 0) is 6.92 Å². The van der Waals surface area contributed by atoms with Crippen molar-refractivity contribution in [2.45, 2.75) is 19.9 Å². The molecular formula is C7H10F2N4O. The number of carbonyl (C=O) groups excluding carboxylic acids is 1. The standard InChI is InChI=1S/C7H10F2N4O/c1-4-10-5(12-11-4)3-13(2)7(14)6(8)9/h6H,3H2,1-2H3,(H,10,11,12). The fraction of sp³-hybridized carbons (Fsp3) is 0.571. The van der Waals surface area contributed by atoms with E-state index in [1.54, 1.807) is 6.92 Å². The molecule has 7 heteroatoms. The fourth-order valence-corrected chi connectivity index (χ4v) is 0.916. The zero-order valence-corrected chi connectivity index (χ0v) is 7.79. The quantitative estimate of drug-likeness (QED) is 0.772. The maximum absolute atomic E-state index is 11.9. The number of rotatable bonds is 3. The van der Waals surface area contributed by atoms with Crippen molar-refractivity contribution in [1.82, 2.24) is 20.1 Å². The summed E-state index contributed by atoms with van der Waals surface area (Å²) in [7, 11) is 1.28. The summed E-state index contributed by atoms with van der Waals surface area (Å²) < 4.78 is 23.9. The summed E-state index contributed by atoms with van der Waals surface area (Å²) in [6, 6.07) is 0. The van der Waals surface area contributed by atoms with Crippen LogP contribution in [0.4, 0.5) is 8.78 Å². The van der Waals surface area contributed by atoms with E-state index in [1.807, 2.05) is 0 Å². The van der Waals surface area contributed by atoms with Crippen LogP contribution in [-0.4, -0.2) is 39.5 Å². The van der Waals surface area contributed by atoms with E-state index in [9.17, 15) is 13.6 Å². The van der Waals surface area contributed by atoms with E-state index in [4.69, 9.17) is 0 Å². The van der Waals surface area contributed by atoms with Crippen LogP contribution in [0.5, 0.6) is 0 Å². The topological polar surface area (TPSA) is 61.9 Å². The molecule has 0 spiro atoms. The molecule has 1 aromatic rings. The number of aryl methyl sites for hydroxylation is 1. The number of amides is 1. The van der Waals surface area contributed by atoms with Crippen LogP contribution in [0.2, 0.25) is 0 Å². The van der Waals surface area contributed by atoms with E-state index in [-0.39, 0.29) is 6.54 Å². The Bertz CT molecular complexity index is 325. The second-order valence-electron chi connectivity index (χ2n) is 2.83. The Morgan fingerprint density at radius 3 is 2.71 bits per heavy atom. The maximum Gasteiger partial charge on any atom is 0.315 e. The highest BCUT2D eigenvalue weighted by Gasteiger charge is 2.20. The third-order valence-electron chi connectivity index (χ3n) is 1.59. The minimum absolute atomic E-state index is 0.0203. The van der Waals surface area contributed by atoms with Crippen molar-refractivity contribution in [1.29, 1.82) is 0 Å². The third-order valence-corrected chi connectivity index (χ3v) is 1.59. The van der Waals surface area contributed by atoms with Gasteiger partial charge in [0.25, 0.3) is 5.91 Å². The van der Waals surface area contributed by atoms with E-state index < -0.39 is 12.3 Å². The molecule has 1 amide bonds. The number of carbonyl (C=O) groups is 1. The number of alkyl halides is 2. The molecule has 0 atom stereocenters. The molecule has 14 heavy (non-hydrogen) atoms. The highest BCUT2D eigenvalue weighted by Crippen LogP contribution is 2.02. The van der Waals surface area contributed by atoms with Crippen LogP contribution in [0.15, 0.2) is 0 Å². The number of aromatic amines is 1. The minimum atomic E-state index is -2.99. The van der Waals surface area contributed by atoms with Gasteiger partial charge >= 0.3 is 6.43 Å². The van der Waals surface area contributed by atoms with Gasteiger partial charge < -0.3 is 4.90 Å². The molecule has 1 heterocycles. The summed E-state index contributed by atoms with van der Waals surface area (Å²) in [6.07, 6.45) is -2.99. The van der Waals surface area contributed by atoms with Crippen LogP contribution in [-0.2, 0) is 11.3 Å². The van der Waals surface area contributed by atoms with Crippen molar-refractivity contribution in [2.75, 3.05) is 7.05 Å². The first-order valence-electron chi connectivity index (χ1n) is 3.91. The lowest BCUT2D eigenvalue weighted by atomic mass is 10.5. The maximum atomic E-state index is 11.9. The Balaban J connectivity index is 2.57. The zero-order valence-electron chi connectivity index (χ0n) is 7.79. The molecule has 0 unspecified atom stereocenters. The minimum Gasteiger partial charge on any atom is -0.333 e. The molecule has 0 radical (unpaired) electrons. The van der Waals surface area contributed by atoms with E-state index in [2.05, 4.69) is 15.2 Å². The lowest BCUT2D eigenvalue weighted by Crippen LogP contribution is -2.31. The average Bonchev–Trinajstić information content (AvgIpc) is 2.49. The van der Waals surface area contributed by atoms with Gasteiger partial charge in [0.15, 0.2) is 5.82 Å². The molecule has 0 aliphatic heterocycles. The van der Waals surface area contributed by atoms with Gasteiger partial charge in [-0.3, -0.25) is 9.89 Å². The van der Waals surface area contributed by atoms with E-state index in [1.165, 1.54) is 7.05 Å². The molecule has 0 saturated carbocycles. The van der Waals surface area contributed by atoms with E-state index in [0.29, 0.717) is 11.6 Å². The number of hydrogen-bond acceptors (Lipinski definition) is 3. The molecule has 0 saturated heterocycles. The fourth-order valence-electron chi connectivity index (χ4n) is 0.916. The number of nitrogens with zero attached hydrogens (tertiary/aromatic N) is 3. The van der Waals surface area contributed by atoms with Gasteiger partial charge in [-0.15, -0.1) is 0 Å². The van der Waals surface area contributed by atoms with Gasteiger partial charge in [0.1, 0.15) is 5.82 Å². The van der Waals surface area contributed by atoms with Crippen LogP contribution < -0.4 is 0 Å². The van der Waals surface area contributed by atoms with Crippen molar-refractivity contribution in [3.8, 4) is 0 Å². The van der Waals surface area contributed by atoms with Crippen molar-refractivity contribution < 1.29 is 13.6 Å². The number of aromatic nitrogens is 3. The van der Waals surface area contributed by atoms with Crippen molar-refractivity contribution in [3.63, 3.8) is 0 Å². The molecule has 0 fully saturated rings. The summed E-state index contributed by atoms with van der Waals surface area (Å²) in [5.41, 5.74) is 0. The first-order chi connectivity index (χ1) is 6.50. The molecule has 0 bridgehead atoms. The molecule has 78 valence electrons. The summed E-state index contributed by atoms with van der Waals surface area (Å²) in [6.45, 7) is 1.67. The van der Waals surface area contributed by atoms with Crippen LogP contribution in [0.25, 0.3) is 0 Å². The molecule has 5 nitrogen and oxygen atoms in total. The monoisotopic (exact) mass is 204 g/mol. The SMILES string of the molecule is Cc1nc(CN(C)C(=O)C(F)F)n[nH]1. The van der Waals surface area contributed by atoms with Gasteiger partial charge in [0.2, 0.25) is 0 Å². The molecule has 0 aliphatic rings. The second kappa shape index (κ2) is 4.12. The summed E-state index contributed by atoms with van der Waals surface area (Å²) in [5.74, 6) is -0.329. The second-order valence-corrected chi connectivity index (χ2v) is 2.83. The Hall–Kier alpha value is -1.53. The van der Waals surface area contributed by atoms with Crippen molar-refractivity contribution >= 4 is 5.91 Å². The Morgan fingerprint density at radius 2 is 2.29 bits per heavy atom. The van der Waals surface area contributed by atoms with E-state index in [0.717, 1.165) is 4.90 Å². The van der Waals surface area contributed by atoms with Gasteiger partial charge in [0, 0.05) is 7.05 Å². The highest BCUT2D eigenvalue weighted by atomic mass is 19.3. The largest absolute Gasteiger partial charge is 0.333 e. The van der Waals surface area contributed by atoms with Crippen molar-refractivity contribution in [3.05, 3.63) is 11.6 Å². The van der Waals surface area contributed by atoms with Crippen LogP contribution >= 0.6 is 0 Å².